The number of nitrogens with one attached hydrogen (secondary N) is 1. The minimum Gasteiger partial charge on any atom is -0.368 e. The Morgan fingerprint density at radius 1 is 1.33 bits per heavy atom. The van der Waals surface area contributed by atoms with Crippen LogP contribution in [0.3, 0.4) is 0 Å². The molecular formula is C14H15F2N3O2. The van der Waals surface area contributed by atoms with Gasteiger partial charge in [0.05, 0.1) is 12.5 Å². The second-order valence-electron chi connectivity index (χ2n) is 4.74. The summed E-state index contributed by atoms with van der Waals surface area (Å²) in [4.78, 5) is 23.0. The highest BCUT2D eigenvalue weighted by molar-refractivity contribution is 5.87. The number of hydrogen-bond acceptors (Lipinski definition) is 3. The van der Waals surface area contributed by atoms with E-state index in [0.717, 1.165) is 12.1 Å². The highest BCUT2D eigenvalue weighted by atomic mass is 19.1. The van der Waals surface area contributed by atoms with Crippen molar-refractivity contribution in [3.63, 3.8) is 0 Å². The molecule has 0 unspecified atom stereocenters. The maximum atomic E-state index is 13.0. The number of nitriles is 1. The summed E-state index contributed by atoms with van der Waals surface area (Å²) in [5.41, 5.74) is 5.29. The molecule has 0 saturated carbocycles. The summed E-state index contributed by atoms with van der Waals surface area (Å²) in [7, 11) is 0. The van der Waals surface area contributed by atoms with E-state index in [0.29, 0.717) is 6.07 Å². The van der Waals surface area contributed by atoms with Crippen LogP contribution in [-0.2, 0) is 16.0 Å². The molecule has 0 bridgehead atoms. The zero-order valence-corrected chi connectivity index (χ0v) is 11.4. The molecule has 0 aromatic heterocycles. The van der Waals surface area contributed by atoms with E-state index in [1.807, 2.05) is 6.07 Å². The lowest BCUT2D eigenvalue weighted by Crippen LogP contribution is -2.45. The van der Waals surface area contributed by atoms with E-state index < -0.39 is 35.4 Å². The molecule has 2 amide bonds. The molecule has 7 heteroatoms. The van der Waals surface area contributed by atoms with Crippen LogP contribution < -0.4 is 11.1 Å². The van der Waals surface area contributed by atoms with Gasteiger partial charge in [0.15, 0.2) is 0 Å². The summed E-state index contributed by atoms with van der Waals surface area (Å²) < 4.78 is 26.0. The van der Waals surface area contributed by atoms with Gasteiger partial charge in [-0.15, -0.1) is 0 Å². The first-order valence-corrected chi connectivity index (χ1v) is 6.25. The third-order valence-corrected chi connectivity index (χ3v) is 2.78. The number of nitrogens with two attached hydrogens (primary N) is 1. The normalized spacial score (nSPS) is 13.0. The molecule has 0 heterocycles. The van der Waals surface area contributed by atoms with Crippen LogP contribution in [0.15, 0.2) is 18.2 Å². The lowest BCUT2D eigenvalue weighted by atomic mass is 10.0. The Hall–Kier alpha value is -2.49. The van der Waals surface area contributed by atoms with E-state index in [1.54, 1.807) is 6.92 Å². The van der Waals surface area contributed by atoms with Gasteiger partial charge >= 0.3 is 0 Å². The van der Waals surface area contributed by atoms with E-state index in [9.17, 15) is 18.4 Å². The molecule has 5 nitrogen and oxygen atoms in total. The molecule has 2 atom stereocenters. The molecule has 0 fully saturated rings. The van der Waals surface area contributed by atoms with Gasteiger partial charge in [-0.2, -0.15) is 5.26 Å². The first-order valence-electron chi connectivity index (χ1n) is 6.25. The number of amides is 2. The SMILES string of the molecule is C[C@H](C#N)C[C@@H](NC(=O)Cc1cc(F)cc(F)c1)C(N)=O. The molecule has 3 N–H and O–H groups in total. The summed E-state index contributed by atoms with van der Waals surface area (Å²) in [6.07, 6.45) is -0.214. The molecule has 1 aromatic carbocycles. The van der Waals surface area contributed by atoms with E-state index in [2.05, 4.69) is 5.32 Å². The summed E-state index contributed by atoms with van der Waals surface area (Å²) >= 11 is 0. The van der Waals surface area contributed by atoms with Crippen molar-refractivity contribution in [1.29, 1.82) is 5.26 Å². The maximum absolute atomic E-state index is 13.0. The summed E-state index contributed by atoms with van der Waals surface area (Å²) in [6.45, 7) is 1.59. The van der Waals surface area contributed by atoms with Crippen LogP contribution in [0.4, 0.5) is 8.78 Å². The van der Waals surface area contributed by atoms with Crippen LogP contribution in [0, 0.1) is 28.9 Å². The Bertz CT molecular complexity index is 564. The van der Waals surface area contributed by atoms with Gasteiger partial charge in [0.2, 0.25) is 11.8 Å². The fraction of sp³-hybridized carbons (Fsp3) is 0.357. The van der Waals surface area contributed by atoms with Gasteiger partial charge in [-0.05, 0) is 31.0 Å². The van der Waals surface area contributed by atoms with Crippen molar-refractivity contribution in [2.75, 3.05) is 0 Å². The lowest BCUT2D eigenvalue weighted by Gasteiger charge is -2.16. The number of carbonyl (C=O) groups excluding carboxylic acids is 2. The average Bonchev–Trinajstić information content (AvgIpc) is 2.36. The van der Waals surface area contributed by atoms with Crippen LogP contribution >= 0.6 is 0 Å². The predicted octanol–water partition coefficient (Wildman–Crippen LogP) is 1.03. The summed E-state index contributed by atoms with van der Waals surface area (Å²) in [5, 5.41) is 11.1. The van der Waals surface area contributed by atoms with Gasteiger partial charge in [0.1, 0.15) is 17.7 Å². The number of primary amides is 1. The number of hydrogen-bond donors (Lipinski definition) is 2. The van der Waals surface area contributed by atoms with Gasteiger partial charge in [0.25, 0.3) is 0 Å². The van der Waals surface area contributed by atoms with Crippen molar-refractivity contribution in [2.24, 2.45) is 11.7 Å². The number of benzene rings is 1. The second kappa shape index (κ2) is 7.33. The molecular weight excluding hydrogens is 280 g/mol. The minimum atomic E-state index is -0.995. The van der Waals surface area contributed by atoms with Crippen LogP contribution in [0.5, 0.6) is 0 Å². The number of nitrogens with zero attached hydrogens (tertiary/aromatic N) is 1. The predicted molar refractivity (Wildman–Crippen MR) is 70.6 cm³/mol. The fourth-order valence-electron chi connectivity index (χ4n) is 1.80. The Balaban J connectivity index is 2.70. The van der Waals surface area contributed by atoms with Crippen molar-refractivity contribution >= 4 is 11.8 Å². The van der Waals surface area contributed by atoms with Gasteiger partial charge in [-0.1, -0.05) is 0 Å². The van der Waals surface area contributed by atoms with Crippen LogP contribution in [0.1, 0.15) is 18.9 Å². The van der Waals surface area contributed by atoms with Crippen LogP contribution in [-0.4, -0.2) is 17.9 Å². The van der Waals surface area contributed by atoms with Crippen molar-refractivity contribution in [2.45, 2.75) is 25.8 Å². The molecule has 1 rings (SSSR count). The first kappa shape index (κ1) is 16.6. The molecule has 112 valence electrons. The fourth-order valence-corrected chi connectivity index (χ4v) is 1.80. The zero-order valence-electron chi connectivity index (χ0n) is 11.4. The molecule has 0 spiro atoms. The van der Waals surface area contributed by atoms with E-state index in [4.69, 9.17) is 11.0 Å². The largest absolute Gasteiger partial charge is 0.368 e. The Kier molecular flexibility index (Phi) is 5.79. The standard InChI is InChI=1S/C14H15F2N3O2/c1-8(7-17)2-12(14(18)21)19-13(20)5-9-3-10(15)6-11(16)4-9/h3-4,6,8,12H,2,5H2,1H3,(H2,18,21)(H,19,20)/t8-,12+/m0/s1. The van der Waals surface area contributed by atoms with E-state index >= 15 is 0 Å². The Morgan fingerprint density at radius 2 is 1.90 bits per heavy atom. The summed E-state index contributed by atoms with van der Waals surface area (Å²) in [5.74, 6) is -3.41. The highest BCUT2D eigenvalue weighted by Crippen LogP contribution is 2.09. The first-order chi connectivity index (χ1) is 9.81. The molecule has 0 aliphatic carbocycles. The number of rotatable bonds is 6. The van der Waals surface area contributed by atoms with Crippen molar-refractivity contribution < 1.29 is 18.4 Å². The van der Waals surface area contributed by atoms with E-state index in [-0.39, 0.29) is 18.4 Å². The maximum Gasteiger partial charge on any atom is 0.240 e. The molecule has 0 aliphatic heterocycles. The van der Waals surface area contributed by atoms with Gasteiger partial charge in [0, 0.05) is 12.0 Å². The van der Waals surface area contributed by atoms with Crippen LogP contribution in [0.2, 0.25) is 0 Å². The zero-order chi connectivity index (χ0) is 16.0. The molecule has 0 aliphatic rings. The lowest BCUT2D eigenvalue weighted by molar-refractivity contribution is -0.127. The quantitative estimate of drug-likeness (QED) is 0.820. The third-order valence-electron chi connectivity index (χ3n) is 2.78. The Morgan fingerprint density at radius 3 is 2.38 bits per heavy atom. The molecule has 0 radical (unpaired) electrons. The van der Waals surface area contributed by atoms with Crippen molar-refractivity contribution in [3.8, 4) is 6.07 Å². The smallest absolute Gasteiger partial charge is 0.240 e. The third kappa shape index (κ3) is 5.57. The monoisotopic (exact) mass is 295 g/mol. The van der Waals surface area contributed by atoms with Crippen molar-refractivity contribution in [3.05, 3.63) is 35.4 Å². The number of halogens is 2. The van der Waals surface area contributed by atoms with E-state index in [1.165, 1.54) is 0 Å². The molecule has 1 aromatic rings. The van der Waals surface area contributed by atoms with Gasteiger partial charge in [-0.3, -0.25) is 9.59 Å². The Labute approximate surface area is 120 Å². The topological polar surface area (TPSA) is 96.0 Å². The van der Waals surface area contributed by atoms with Crippen molar-refractivity contribution in [1.82, 2.24) is 5.32 Å². The molecule has 0 saturated heterocycles. The van der Waals surface area contributed by atoms with Crippen LogP contribution in [0.25, 0.3) is 0 Å². The highest BCUT2D eigenvalue weighted by Gasteiger charge is 2.21. The molecule has 21 heavy (non-hydrogen) atoms. The van der Waals surface area contributed by atoms with Gasteiger partial charge in [-0.25, -0.2) is 8.78 Å². The number of carbonyl (C=O) groups is 2. The van der Waals surface area contributed by atoms with Gasteiger partial charge < -0.3 is 11.1 Å². The summed E-state index contributed by atoms with van der Waals surface area (Å²) in [6, 6.07) is 3.69. The minimum absolute atomic E-state index is 0.0785. The second-order valence-corrected chi connectivity index (χ2v) is 4.74. The average molecular weight is 295 g/mol.